The zero-order chi connectivity index (χ0) is 22.1. The molecule has 160 valence electrons. The van der Waals surface area contributed by atoms with Gasteiger partial charge in [-0.15, -0.1) is 0 Å². The summed E-state index contributed by atoms with van der Waals surface area (Å²) in [5.41, 5.74) is 1.80. The van der Waals surface area contributed by atoms with Gasteiger partial charge < -0.3 is 15.4 Å². The second-order valence-electron chi connectivity index (χ2n) is 7.71. The Morgan fingerprint density at radius 1 is 0.742 bits per heavy atom. The Morgan fingerprint density at radius 2 is 1.23 bits per heavy atom. The summed E-state index contributed by atoms with van der Waals surface area (Å²) in [4.78, 5) is 25.5. The van der Waals surface area contributed by atoms with Gasteiger partial charge in [-0.25, -0.2) is 0 Å². The fraction of sp³-hybridized carbons (Fsp3) is 0.231. The summed E-state index contributed by atoms with van der Waals surface area (Å²) in [5.74, 6) is 0.796. The van der Waals surface area contributed by atoms with Crippen LogP contribution in [0.4, 0.5) is 0 Å². The van der Waals surface area contributed by atoms with Crippen LogP contribution in [0.25, 0.3) is 0 Å². The highest BCUT2D eigenvalue weighted by atomic mass is 16.5. The van der Waals surface area contributed by atoms with Crippen LogP contribution < -0.4 is 15.4 Å². The lowest BCUT2D eigenvalue weighted by Gasteiger charge is -2.21. The molecule has 5 heteroatoms. The highest BCUT2D eigenvalue weighted by Crippen LogP contribution is 2.18. The standard InChI is InChI=1S/C26H28N2O3/c1-19(2)17-18-31-23-15-13-20(14-16-23)24(27-25(29)21-9-5-3-6-10-21)28-26(30)22-11-7-4-8-12-22/h3-16,19,24H,17-18H2,1-2H3,(H,27,29)(H,28,30). The van der Waals surface area contributed by atoms with Crippen LogP contribution in [0, 0.1) is 5.92 Å². The third kappa shape index (κ3) is 6.71. The van der Waals surface area contributed by atoms with E-state index in [1.807, 2.05) is 36.4 Å². The molecule has 0 aliphatic rings. The average Bonchev–Trinajstić information content (AvgIpc) is 2.80. The van der Waals surface area contributed by atoms with Crippen LogP contribution in [-0.2, 0) is 0 Å². The van der Waals surface area contributed by atoms with Gasteiger partial charge in [0.2, 0.25) is 0 Å². The molecule has 0 atom stereocenters. The van der Waals surface area contributed by atoms with Crippen molar-refractivity contribution in [2.75, 3.05) is 6.61 Å². The van der Waals surface area contributed by atoms with Crippen LogP contribution in [-0.4, -0.2) is 18.4 Å². The largest absolute Gasteiger partial charge is 0.494 e. The third-order valence-electron chi connectivity index (χ3n) is 4.80. The first-order valence-electron chi connectivity index (χ1n) is 10.5. The van der Waals surface area contributed by atoms with Crippen molar-refractivity contribution in [1.29, 1.82) is 0 Å². The zero-order valence-corrected chi connectivity index (χ0v) is 17.9. The van der Waals surface area contributed by atoms with Crippen LogP contribution in [0.15, 0.2) is 84.9 Å². The van der Waals surface area contributed by atoms with Gasteiger partial charge in [0, 0.05) is 11.1 Å². The van der Waals surface area contributed by atoms with Gasteiger partial charge in [0.1, 0.15) is 11.9 Å². The number of benzene rings is 3. The van der Waals surface area contributed by atoms with Crippen molar-refractivity contribution in [3.63, 3.8) is 0 Å². The Morgan fingerprint density at radius 3 is 1.68 bits per heavy atom. The lowest BCUT2D eigenvalue weighted by molar-refractivity contribution is 0.0883. The van der Waals surface area contributed by atoms with E-state index in [4.69, 9.17) is 4.74 Å². The number of ether oxygens (including phenoxy) is 1. The maximum absolute atomic E-state index is 12.7. The van der Waals surface area contributed by atoms with Gasteiger partial charge >= 0.3 is 0 Å². The molecular weight excluding hydrogens is 388 g/mol. The smallest absolute Gasteiger partial charge is 0.253 e. The number of rotatable bonds is 9. The van der Waals surface area contributed by atoms with Crippen molar-refractivity contribution >= 4 is 11.8 Å². The zero-order valence-electron chi connectivity index (χ0n) is 17.9. The molecule has 2 N–H and O–H groups in total. The van der Waals surface area contributed by atoms with Crippen molar-refractivity contribution in [1.82, 2.24) is 10.6 Å². The molecule has 0 aliphatic carbocycles. The van der Waals surface area contributed by atoms with Crippen molar-refractivity contribution in [3.05, 3.63) is 102 Å². The summed E-state index contributed by atoms with van der Waals surface area (Å²) in [7, 11) is 0. The second-order valence-corrected chi connectivity index (χ2v) is 7.71. The maximum atomic E-state index is 12.7. The van der Waals surface area contributed by atoms with Crippen molar-refractivity contribution in [2.45, 2.75) is 26.4 Å². The van der Waals surface area contributed by atoms with Gasteiger partial charge in [0.05, 0.1) is 6.61 Å². The van der Waals surface area contributed by atoms with E-state index in [-0.39, 0.29) is 11.8 Å². The van der Waals surface area contributed by atoms with E-state index < -0.39 is 6.17 Å². The minimum Gasteiger partial charge on any atom is -0.494 e. The molecule has 2 amide bonds. The quantitative estimate of drug-likeness (QED) is 0.484. The van der Waals surface area contributed by atoms with Crippen LogP contribution >= 0.6 is 0 Å². The fourth-order valence-electron chi connectivity index (χ4n) is 2.98. The van der Waals surface area contributed by atoms with E-state index >= 15 is 0 Å². The summed E-state index contributed by atoms with van der Waals surface area (Å²) in [6.45, 7) is 4.96. The van der Waals surface area contributed by atoms with Gasteiger partial charge in [0.25, 0.3) is 11.8 Å². The van der Waals surface area contributed by atoms with E-state index in [1.165, 1.54) is 0 Å². The Hall–Kier alpha value is -3.60. The molecule has 0 aliphatic heterocycles. The summed E-state index contributed by atoms with van der Waals surface area (Å²) in [5, 5.41) is 5.83. The normalized spacial score (nSPS) is 10.7. The lowest BCUT2D eigenvalue weighted by atomic mass is 10.1. The molecule has 0 saturated heterocycles. The Bertz CT molecular complexity index is 917. The number of nitrogens with one attached hydrogen (secondary N) is 2. The van der Waals surface area contributed by atoms with E-state index in [1.54, 1.807) is 48.5 Å². The number of carbonyl (C=O) groups is 2. The van der Waals surface area contributed by atoms with Crippen LogP contribution in [0.3, 0.4) is 0 Å². The summed E-state index contributed by atoms with van der Waals surface area (Å²) >= 11 is 0. The molecule has 31 heavy (non-hydrogen) atoms. The monoisotopic (exact) mass is 416 g/mol. The molecular formula is C26H28N2O3. The lowest BCUT2D eigenvalue weighted by Crippen LogP contribution is -2.41. The predicted molar refractivity (Wildman–Crippen MR) is 122 cm³/mol. The number of hydrogen-bond acceptors (Lipinski definition) is 3. The van der Waals surface area contributed by atoms with E-state index in [2.05, 4.69) is 24.5 Å². The summed E-state index contributed by atoms with van der Waals surface area (Å²) in [6, 6.07) is 25.3. The van der Waals surface area contributed by atoms with E-state index in [0.717, 1.165) is 17.7 Å². The van der Waals surface area contributed by atoms with Gasteiger partial charge in [-0.1, -0.05) is 62.4 Å². The Labute approximate surface area is 183 Å². The molecule has 0 fully saturated rings. The highest BCUT2D eigenvalue weighted by molar-refractivity contribution is 5.96. The molecule has 3 rings (SSSR count). The van der Waals surface area contributed by atoms with E-state index in [9.17, 15) is 9.59 Å². The SMILES string of the molecule is CC(C)CCOc1ccc(C(NC(=O)c2ccccc2)NC(=O)c2ccccc2)cc1. The Kier molecular flexibility index (Phi) is 7.82. The molecule has 0 unspecified atom stereocenters. The average molecular weight is 417 g/mol. The molecule has 0 spiro atoms. The second kappa shape index (κ2) is 11.0. The molecule has 0 heterocycles. The third-order valence-corrected chi connectivity index (χ3v) is 4.80. The molecule has 5 nitrogen and oxygen atoms in total. The summed E-state index contributed by atoms with van der Waals surface area (Å²) < 4.78 is 5.78. The van der Waals surface area contributed by atoms with Crippen molar-refractivity contribution in [3.8, 4) is 5.75 Å². The minimum atomic E-state index is -0.690. The molecule has 0 saturated carbocycles. The van der Waals surface area contributed by atoms with Gasteiger partial charge in [-0.05, 0) is 54.3 Å². The number of carbonyl (C=O) groups excluding carboxylic acids is 2. The number of amides is 2. The molecule has 0 aromatic heterocycles. The van der Waals surface area contributed by atoms with Gasteiger partial charge in [0.15, 0.2) is 0 Å². The maximum Gasteiger partial charge on any atom is 0.253 e. The minimum absolute atomic E-state index is 0.267. The highest BCUT2D eigenvalue weighted by Gasteiger charge is 2.19. The van der Waals surface area contributed by atoms with Gasteiger partial charge in [-0.3, -0.25) is 9.59 Å². The van der Waals surface area contributed by atoms with Crippen molar-refractivity contribution < 1.29 is 14.3 Å². The molecule has 0 radical (unpaired) electrons. The number of hydrogen-bond donors (Lipinski definition) is 2. The molecule has 0 bridgehead atoms. The summed E-state index contributed by atoms with van der Waals surface area (Å²) in [6.07, 6.45) is 0.287. The first-order valence-corrected chi connectivity index (χ1v) is 10.5. The fourth-order valence-corrected chi connectivity index (χ4v) is 2.98. The first kappa shape index (κ1) is 22.1. The topological polar surface area (TPSA) is 67.4 Å². The van der Waals surface area contributed by atoms with Gasteiger partial charge in [-0.2, -0.15) is 0 Å². The Balaban J connectivity index is 1.76. The molecule has 3 aromatic rings. The van der Waals surface area contributed by atoms with Crippen LogP contribution in [0.5, 0.6) is 5.75 Å². The van der Waals surface area contributed by atoms with Crippen LogP contribution in [0.2, 0.25) is 0 Å². The first-order chi connectivity index (χ1) is 15.0. The van der Waals surface area contributed by atoms with Crippen molar-refractivity contribution in [2.24, 2.45) is 5.92 Å². The van der Waals surface area contributed by atoms with E-state index in [0.29, 0.717) is 23.7 Å². The van der Waals surface area contributed by atoms with Crippen LogP contribution in [0.1, 0.15) is 52.7 Å². The predicted octanol–water partition coefficient (Wildman–Crippen LogP) is 4.97. The molecule has 3 aromatic carbocycles.